The Morgan fingerprint density at radius 1 is 1.33 bits per heavy atom. The van der Waals surface area contributed by atoms with E-state index in [4.69, 9.17) is 20.5 Å². The lowest BCUT2D eigenvalue weighted by atomic mass is 10.2. The van der Waals surface area contributed by atoms with E-state index in [0.717, 1.165) is 6.33 Å². The van der Waals surface area contributed by atoms with Gasteiger partial charge in [0.2, 0.25) is 5.82 Å². The SMILES string of the molecule is COc1cc(C#N)cc(Oc2ncnc(N)c2[N+](=O)[O-])c1. The molecular formula is C12H9N5O4. The van der Waals surface area contributed by atoms with Gasteiger partial charge in [0.05, 0.1) is 23.7 Å². The molecule has 0 saturated heterocycles. The summed E-state index contributed by atoms with van der Waals surface area (Å²) in [5.41, 5.74) is 5.17. The lowest BCUT2D eigenvalue weighted by Crippen LogP contribution is -2.02. The number of benzene rings is 1. The van der Waals surface area contributed by atoms with E-state index in [0.29, 0.717) is 5.75 Å². The summed E-state index contributed by atoms with van der Waals surface area (Å²) >= 11 is 0. The van der Waals surface area contributed by atoms with Gasteiger partial charge >= 0.3 is 11.6 Å². The Bertz CT molecular complexity index is 741. The van der Waals surface area contributed by atoms with Crippen molar-refractivity contribution in [2.24, 2.45) is 0 Å². The molecule has 0 aliphatic rings. The number of nitrogens with two attached hydrogens (primary N) is 1. The second-order valence-electron chi connectivity index (χ2n) is 3.78. The summed E-state index contributed by atoms with van der Waals surface area (Å²) in [4.78, 5) is 17.5. The Balaban J connectivity index is 2.46. The molecule has 0 fully saturated rings. The van der Waals surface area contributed by atoms with Crippen molar-refractivity contribution in [3.63, 3.8) is 0 Å². The van der Waals surface area contributed by atoms with Crippen LogP contribution in [0.5, 0.6) is 17.4 Å². The minimum Gasteiger partial charge on any atom is -0.497 e. The van der Waals surface area contributed by atoms with Crippen LogP contribution in [0.25, 0.3) is 0 Å². The van der Waals surface area contributed by atoms with Crippen molar-refractivity contribution >= 4 is 11.5 Å². The van der Waals surface area contributed by atoms with Gasteiger partial charge in [-0.3, -0.25) is 10.1 Å². The highest BCUT2D eigenvalue weighted by atomic mass is 16.6. The van der Waals surface area contributed by atoms with Crippen LogP contribution in [0.2, 0.25) is 0 Å². The molecule has 2 aromatic rings. The molecule has 9 heteroatoms. The lowest BCUT2D eigenvalue weighted by Gasteiger charge is -2.08. The summed E-state index contributed by atoms with van der Waals surface area (Å²) in [7, 11) is 1.42. The van der Waals surface area contributed by atoms with Gasteiger partial charge in [0, 0.05) is 6.07 Å². The first kappa shape index (κ1) is 14.0. The van der Waals surface area contributed by atoms with Gasteiger partial charge in [0.1, 0.15) is 17.8 Å². The third-order valence-electron chi connectivity index (χ3n) is 2.46. The first-order valence-electron chi connectivity index (χ1n) is 5.57. The maximum absolute atomic E-state index is 11.0. The number of ether oxygens (including phenoxy) is 2. The minimum atomic E-state index is -0.740. The molecule has 0 spiro atoms. The normalized spacial score (nSPS) is 9.71. The average molecular weight is 287 g/mol. The molecule has 1 aromatic heterocycles. The van der Waals surface area contributed by atoms with Crippen LogP contribution in [0.1, 0.15) is 5.56 Å². The highest BCUT2D eigenvalue weighted by Gasteiger charge is 2.23. The molecule has 2 rings (SSSR count). The number of nitriles is 1. The predicted molar refractivity (Wildman–Crippen MR) is 70.9 cm³/mol. The van der Waals surface area contributed by atoms with E-state index in [9.17, 15) is 10.1 Å². The fourth-order valence-electron chi connectivity index (χ4n) is 1.55. The van der Waals surface area contributed by atoms with Crippen LogP contribution in [0, 0.1) is 21.4 Å². The summed E-state index contributed by atoms with van der Waals surface area (Å²) in [6, 6.07) is 6.28. The smallest absolute Gasteiger partial charge is 0.372 e. The van der Waals surface area contributed by atoms with Gasteiger partial charge in [-0.05, 0) is 12.1 Å². The molecule has 0 bridgehead atoms. The number of aromatic nitrogens is 2. The Morgan fingerprint density at radius 2 is 2.05 bits per heavy atom. The Kier molecular flexibility index (Phi) is 3.80. The van der Waals surface area contributed by atoms with Crippen molar-refractivity contribution in [3.8, 4) is 23.4 Å². The van der Waals surface area contributed by atoms with E-state index in [1.165, 1.54) is 25.3 Å². The first-order valence-corrected chi connectivity index (χ1v) is 5.57. The topological polar surface area (TPSA) is 137 Å². The van der Waals surface area contributed by atoms with Crippen molar-refractivity contribution in [1.82, 2.24) is 9.97 Å². The average Bonchev–Trinajstić information content (AvgIpc) is 2.46. The number of anilines is 1. The largest absolute Gasteiger partial charge is 0.497 e. The van der Waals surface area contributed by atoms with Gasteiger partial charge in [-0.1, -0.05) is 0 Å². The van der Waals surface area contributed by atoms with Gasteiger partial charge in [-0.2, -0.15) is 10.2 Å². The Hall–Kier alpha value is -3.41. The van der Waals surface area contributed by atoms with Crippen molar-refractivity contribution in [3.05, 3.63) is 40.2 Å². The summed E-state index contributed by atoms with van der Waals surface area (Å²) in [6.07, 6.45) is 1.04. The summed E-state index contributed by atoms with van der Waals surface area (Å²) in [5.74, 6) is -0.0983. The van der Waals surface area contributed by atoms with Crippen LogP contribution in [-0.4, -0.2) is 22.0 Å². The minimum absolute atomic E-state index is 0.159. The maximum atomic E-state index is 11.0. The Labute approximate surface area is 118 Å². The summed E-state index contributed by atoms with van der Waals surface area (Å²) in [5, 5.41) is 19.9. The summed E-state index contributed by atoms with van der Waals surface area (Å²) < 4.78 is 10.3. The molecule has 1 aromatic carbocycles. The third kappa shape index (κ3) is 2.95. The molecule has 0 saturated carbocycles. The zero-order valence-electron chi connectivity index (χ0n) is 10.8. The van der Waals surface area contributed by atoms with Gasteiger partial charge < -0.3 is 15.2 Å². The van der Waals surface area contributed by atoms with Crippen LogP contribution in [0.15, 0.2) is 24.5 Å². The van der Waals surface area contributed by atoms with Gasteiger partial charge in [0.15, 0.2) is 0 Å². The molecule has 0 unspecified atom stereocenters. The van der Waals surface area contributed by atoms with Crippen LogP contribution < -0.4 is 15.2 Å². The third-order valence-corrected chi connectivity index (χ3v) is 2.46. The molecule has 0 aliphatic heterocycles. The number of methoxy groups -OCH3 is 1. The maximum Gasteiger partial charge on any atom is 0.372 e. The van der Waals surface area contributed by atoms with Gasteiger partial charge in [-0.25, -0.2) is 4.98 Å². The second-order valence-corrected chi connectivity index (χ2v) is 3.78. The van der Waals surface area contributed by atoms with Gasteiger partial charge in [-0.15, -0.1) is 0 Å². The fourth-order valence-corrected chi connectivity index (χ4v) is 1.55. The zero-order chi connectivity index (χ0) is 15.4. The molecule has 0 aliphatic carbocycles. The monoisotopic (exact) mass is 287 g/mol. The van der Waals surface area contributed by atoms with E-state index in [2.05, 4.69) is 9.97 Å². The van der Waals surface area contributed by atoms with Crippen molar-refractivity contribution < 1.29 is 14.4 Å². The molecule has 0 radical (unpaired) electrons. The molecule has 106 valence electrons. The second kappa shape index (κ2) is 5.70. The molecular weight excluding hydrogens is 278 g/mol. The Morgan fingerprint density at radius 3 is 2.67 bits per heavy atom. The van der Waals surface area contributed by atoms with Crippen LogP contribution in [0.3, 0.4) is 0 Å². The molecule has 1 heterocycles. The number of nitro groups is 1. The molecule has 0 atom stereocenters. The van der Waals surface area contributed by atoms with Crippen LogP contribution in [0.4, 0.5) is 11.5 Å². The van der Waals surface area contributed by atoms with E-state index >= 15 is 0 Å². The number of nitrogen functional groups attached to an aromatic ring is 1. The van der Waals surface area contributed by atoms with E-state index in [-0.39, 0.29) is 23.0 Å². The van der Waals surface area contributed by atoms with Crippen LogP contribution >= 0.6 is 0 Å². The molecule has 2 N–H and O–H groups in total. The number of hydrogen-bond donors (Lipinski definition) is 1. The first-order chi connectivity index (χ1) is 10.0. The van der Waals surface area contributed by atoms with E-state index in [1.807, 2.05) is 6.07 Å². The summed E-state index contributed by atoms with van der Waals surface area (Å²) in [6.45, 7) is 0. The van der Waals surface area contributed by atoms with Crippen molar-refractivity contribution in [1.29, 1.82) is 5.26 Å². The zero-order valence-corrected chi connectivity index (χ0v) is 10.8. The highest BCUT2D eigenvalue weighted by molar-refractivity contribution is 5.59. The van der Waals surface area contributed by atoms with E-state index in [1.54, 1.807) is 0 Å². The quantitative estimate of drug-likeness (QED) is 0.661. The number of rotatable bonds is 4. The molecule has 0 amide bonds. The fraction of sp³-hybridized carbons (Fsp3) is 0.0833. The predicted octanol–water partition coefficient (Wildman–Crippen LogP) is 1.64. The highest BCUT2D eigenvalue weighted by Crippen LogP contribution is 2.33. The standard InChI is InChI=1S/C12H9N5O4/c1-20-8-2-7(5-13)3-9(4-8)21-12-10(17(18)19)11(14)15-6-16-12/h2-4,6H,1H3,(H2,14,15,16). The number of hydrogen-bond acceptors (Lipinski definition) is 8. The van der Waals surface area contributed by atoms with Crippen molar-refractivity contribution in [2.75, 3.05) is 12.8 Å². The van der Waals surface area contributed by atoms with Gasteiger partial charge in [0.25, 0.3) is 0 Å². The van der Waals surface area contributed by atoms with Crippen LogP contribution in [-0.2, 0) is 0 Å². The van der Waals surface area contributed by atoms with Crippen molar-refractivity contribution in [2.45, 2.75) is 0 Å². The molecule has 21 heavy (non-hydrogen) atoms. The van der Waals surface area contributed by atoms with E-state index < -0.39 is 10.6 Å². The lowest BCUT2D eigenvalue weighted by molar-refractivity contribution is -0.385. The number of nitrogens with zero attached hydrogens (tertiary/aromatic N) is 4. The molecule has 9 nitrogen and oxygen atoms in total.